The van der Waals surface area contributed by atoms with E-state index in [1.54, 1.807) is 18.2 Å². The molecule has 2 aromatic heterocycles. The third-order valence-electron chi connectivity index (χ3n) is 7.46. The number of carbonyl (C=O) groups is 1. The second-order valence-electron chi connectivity index (χ2n) is 11.0. The van der Waals surface area contributed by atoms with Crippen molar-refractivity contribution in [1.82, 2.24) is 24.7 Å². The van der Waals surface area contributed by atoms with Crippen molar-refractivity contribution in [3.63, 3.8) is 0 Å². The lowest BCUT2D eigenvalue weighted by Crippen LogP contribution is -2.54. The Morgan fingerprint density at radius 1 is 1.00 bits per heavy atom. The van der Waals surface area contributed by atoms with Crippen LogP contribution < -0.4 is 15.8 Å². The number of nitrogens with one attached hydrogen (secondary N) is 1. The van der Waals surface area contributed by atoms with Crippen molar-refractivity contribution in [3.05, 3.63) is 60.3 Å². The van der Waals surface area contributed by atoms with Gasteiger partial charge in [0.05, 0.1) is 43.2 Å². The first kappa shape index (κ1) is 33.0. The molecule has 4 heterocycles. The lowest BCUT2D eigenvalue weighted by molar-refractivity contribution is -0.146. The quantitative estimate of drug-likeness (QED) is 0.273. The van der Waals surface area contributed by atoms with Gasteiger partial charge in [-0.25, -0.2) is 18.4 Å². The van der Waals surface area contributed by atoms with Gasteiger partial charge in [0, 0.05) is 35.8 Å². The van der Waals surface area contributed by atoms with Crippen LogP contribution in [0.2, 0.25) is 0 Å². The van der Waals surface area contributed by atoms with Crippen LogP contribution in [0.1, 0.15) is 19.4 Å². The molecule has 4 N–H and O–H groups in total. The van der Waals surface area contributed by atoms with E-state index in [1.165, 1.54) is 32.2 Å². The minimum absolute atomic E-state index is 0.0420. The number of benzene rings is 2. The Kier molecular flexibility index (Phi) is 9.98. The fourth-order valence-corrected chi connectivity index (χ4v) is 6.57. The highest BCUT2D eigenvalue weighted by Gasteiger charge is 2.42. The topological polar surface area (TPSA) is 192 Å². The van der Waals surface area contributed by atoms with Gasteiger partial charge in [-0.2, -0.15) is 4.31 Å². The SMILES string of the molecule is CNCc1ccc2cc1OCCOCCOCCN(C(C)(C)C(=O)O)S(=O)(=O)c1ccc(cc1)-c1cnc(N)c(n1)-c1cc-2no1. The van der Waals surface area contributed by atoms with Gasteiger partial charge in [-0.05, 0) is 39.1 Å². The summed E-state index contributed by atoms with van der Waals surface area (Å²) in [7, 11) is -2.40. The van der Waals surface area contributed by atoms with Gasteiger partial charge in [-0.1, -0.05) is 29.4 Å². The Morgan fingerprint density at radius 2 is 1.70 bits per heavy atom. The maximum absolute atomic E-state index is 13.7. The molecule has 0 radical (unpaired) electrons. The van der Waals surface area contributed by atoms with E-state index >= 15 is 0 Å². The van der Waals surface area contributed by atoms with Gasteiger partial charge in [0.25, 0.3) is 0 Å². The number of nitrogens with zero attached hydrogens (tertiary/aromatic N) is 4. The fourth-order valence-electron chi connectivity index (χ4n) is 4.84. The number of nitrogens with two attached hydrogens (primary N) is 1. The zero-order chi connectivity index (χ0) is 32.9. The summed E-state index contributed by atoms with van der Waals surface area (Å²) in [5.41, 5.74) is 7.88. The molecule has 14 nitrogen and oxygen atoms in total. The summed E-state index contributed by atoms with van der Waals surface area (Å²) in [6.07, 6.45) is 1.47. The molecule has 6 rings (SSSR count). The second-order valence-corrected chi connectivity index (χ2v) is 12.8. The third kappa shape index (κ3) is 7.03. The van der Waals surface area contributed by atoms with Gasteiger partial charge in [-0.3, -0.25) is 4.79 Å². The van der Waals surface area contributed by atoms with Crippen LogP contribution in [0.25, 0.3) is 34.0 Å². The second kappa shape index (κ2) is 13.9. The smallest absolute Gasteiger partial charge is 0.324 e. The van der Waals surface area contributed by atoms with Gasteiger partial charge in [0.2, 0.25) is 10.0 Å². The number of anilines is 1. The van der Waals surface area contributed by atoms with E-state index in [-0.39, 0.29) is 56.0 Å². The molecule has 15 heteroatoms. The number of hydrogen-bond acceptors (Lipinski definition) is 12. The highest BCUT2D eigenvalue weighted by atomic mass is 32.2. The van der Waals surface area contributed by atoms with Crippen LogP contribution in [0.3, 0.4) is 0 Å². The number of fused-ring (bicyclic) bond motifs is 12. The largest absolute Gasteiger partial charge is 0.491 e. The summed E-state index contributed by atoms with van der Waals surface area (Å²) in [4.78, 5) is 20.9. The van der Waals surface area contributed by atoms with Gasteiger partial charge < -0.3 is 34.9 Å². The van der Waals surface area contributed by atoms with Crippen LogP contribution in [-0.2, 0) is 30.8 Å². The highest BCUT2D eigenvalue weighted by Crippen LogP contribution is 2.33. The lowest BCUT2D eigenvalue weighted by Gasteiger charge is -2.34. The fraction of sp³-hybridized carbons (Fsp3) is 0.355. The van der Waals surface area contributed by atoms with Crippen LogP contribution in [-0.4, -0.2) is 91.1 Å². The van der Waals surface area contributed by atoms with Crippen molar-refractivity contribution < 1.29 is 37.1 Å². The molecule has 0 fully saturated rings. The Labute approximate surface area is 266 Å². The van der Waals surface area contributed by atoms with Crippen molar-refractivity contribution in [1.29, 1.82) is 0 Å². The predicted octanol–water partition coefficient (Wildman–Crippen LogP) is 3.05. The number of hydrogen-bond donors (Lipinski definition) is 3. The molecule has 0 aliphatic carbocycles. The van der Waals surface area contributed by atoms with Gasteiger partial charge in [-0.15, -0.1) is 0 Å². The Hall–Kier alpha value is -4.41. The number of carboxylic acids is 1. The van der Waals surface area contributed by atoms with Gasteiger partial charge in [0.15, 0.2) is 17.3 Å². The first-order valence-electron chi connectivity index (χ1n) is 14.5. The molecule has 4 aromatic rings. The Balaban J connectivity index is 1.53. The summed E-state index contributed by atoms with van der Waals surface area (Å²) >= 11 is 0. The van der Waals surface area contributed by atoms with E-state index in [0.29, 0.717) is 35.0 Å². The first-order chi connectivity index (χ1) is 22.0. The molecule has 8 bridgehead atoms. The molecule has 0 amide bonds. The average Bonchev–Trinajstić information content (AvgIpc) is 3.52. The van der Waals surface area contributed by atoms with Crippen LogP contribution >= 0.6 is 0 Å². The molecule has 0 spiro atoms. The summed E-state index contributed by atoms with van der Waals surface area (Å²) < 4.78 is 51.3. The number of aromatic nitrogens is 3. The normalized spacial score (nSPS) is 16.3. The zero-order valence-corrected chi connectivity index (χ0v) is 26.5. The summed E-state index contributed by atoms with van der Waals surface area (Å²) in [6, 6.07) is 13.4. The van der Waals surface area contributed by atoms with E-state index in [2.05, 4.69) is 20.4 Å². The van der Waals surface area contributed by atoms with Crippen molar-refractivity contribution in [2.45, 2.75) is 30.8 Å². The van der Waals surface area contributed by atoms with E-state index in [0.717, 1.165) is 15.4 Å². The van der Waals surface area contributed by atoms with E-state index < -0.39 is 21.5 Å². The van der Waals surface area contributed by atoms with Crippen LogP contribution in [0.4, 0.5) is 5.82 Å². The Bertz CT molecular complexity index is 1790. The minimum atomic E-state index is -4.25. The number of aliphatic carboxylic acids is 1. The van der Waals surface area contributed by atoms with Crippen molar-refractivity contribution in [2.24, 2.45) is 0 Å². The van der Waals surface area contributed by atoms with E-state index in [9.17, 15) is 18.3 Å². The standard InChI is InChI=1S/C31H36N6O8S/c1-31(2,30(38)39)37-10-11-42-12-13-43-14-15-44-26-16-21(4-5-22(26)18-33-3)24-17-27(45-36-24)28-29(32)34-19-25(35-28)20-6-8-23(9-7-20)46(37,40)41/h4-9,16-17,19,33H,10-15,18H2,1-3H3,(H2,32,34)(H,38,39). The molecule has 244 valence electrons. The van der Waals surface area contributed by atoms with Crippen molar-refractivity contribution in [3.8, 4) is 39.7 Å². The number of sulfonamides is 1. The highest BCUT2D eigenvalue weighted by molar-refractivity contribution is 7.89. The predicted molar refractivity (Wildman–Crippen MR) is 168 cm³/mol. The number of carboxylic acid groups (broad SMARTS) is 1. The van der Waals surface area contributed by atoms with Crippen LogP contribution in [0, 0.1) is 0 Å². The van der Waals surface area contributed by atoms with Crippen molar-refractivity contribution >= 4 is 21.8 Å². The lowest BCUT2D eigenvalue weighted by atomic mass is 10.1. The number of rotatable bonds is 4. The van der Waals surface area contributed by atoms with E-state index in [4.69, 9.17) is 24.5 Å². The van der Waals surface area contributed by atoms with Crippen LogP contribution in [0.15, 0.2) is 64.1 Å². The first-order valence-corrected chi connectivity index (χ1v) is 16.0. The number of ether oxygens (including phenoxy) is 3. The Morgan fingerprint density at radius 3 is 2.41 bits per heavy atom. The number of nitrogen functional groups attached to an aromatic ring is 1. The van der Waals surface area contributed by atoms with Crippen LogP contribution in [0.5, 0.6) is 5.75 Å². The molecule has 0 saturated heterocycles. The summed E-state index contributed by atoms with van der Waals surface area (Å²) in [5, 5.41) is 17.2. The monoisotopic (exact) mass is 652 g/mol. The molecule has 46 heavy (non-hydrogen) atoms. The zero-order valence-electron chi connectivity index (χ0n) is 25.7. The molecular formula is C31H36N6O8S. The third-order valence-corrected chi connectivity index (χ3v) is 9.54. The minimum Gasteiger partial charge on any atom is -0.491 e. The van der Waals surface area contributed by atoms with Crippen molar-refractivity contribution in [2.75, 3.05) is 52.4 Å². The maximum Gasteiger partial charge on any atom is 0.324 e. The molecule has 0 saturated carbocycles. The summed E-state index contributed by atoms with van der Waals surface area (Å²) in [6.45, 7) is 3.96. The molecule has 0 unspecified atom stereocenters. The molecule has 2 aromatic carbocycles. The average molecular weight is 653 g/mol. The van der Waals surface area contributed by atoms with Gasteiger partial charge in [0.1, 0.15) is 23.6 Å². The molecule has 0 atom stereocenters. The summed E-state index contributed by atoms with van der Waals surface area (Å²) in [5.74, 6) is -0.237. The molecular weight excluding hydrogens is 616 g/mol. The van der Waals surface area contributed by atoms with E-state index in [1.807, 2.05) is 25.2 Å². The molecule has 2 aliphatic heterocycles. The van der Waals surface area contributed by atoms with Gasteiger partial charge >= 0.3 is 5.97 Å². The molecule has 2 aliphatic rings. The maximum atomic E-state index is 13.7.